The maximum atomic E-state index is 13.6. The van der Waals surface area contributed by atoms with Gasteiger partial charge in [0.05, 0.1) is 0 Å². The molecule has 0 amide bonds. The fourth-order valence-electron chi connectivity index (χ4n) is 1.49. The molecule has 1 aromatic rings. The number of halogens is 2. The van der Waals surface area contributed by atoms with Crippen molar-refractivity contribution in [1.29, 1.82) is 0 Å². The number of nitrogens with zero attached hydrogens (tertiary/aromatic N) is 1. The normalized spacial score (nSPS) is 11.1. The molecule has 5 heteroatoms. The Morgan fingerprint density at radius 3 is 2.38 bits per heavy atom. The van der Waals surface area contributed by atoms with E-state index in [2.05, 4.69) is 0 Å². The second-order valence-corrected chi connectivity index (χ2v) is 3.55. The Hall–Kier alpha value is -1.36. The maximum absolute atomic E-state index is 13.6. The molecular formula is C11H16F2N2O. The number of benzene rings is 1. The first-order chi connectivity index (χ1) is 7.51. The van der Waals surface area contributed by atoms with E-state index in [1.807, 2.05) is 18.7 Å². The van der Waals surface area contributed by atoms with Gasteiger partial charge in [-0.2, -0.15) is 0 Å². The van der Waals surface area contributed by atoms with Gasteiger partial charge in [-0.25, -0.2) is 8.78 Å². The third-order valence-electron chi connectivity index (χ3n) is 2.61. The maximum Gasteiger partial charge on any atom is 0.157 e. The van der Waals surface area contributed by atoms with Gasteiger partial charge in [0.1, 0.15) is 11.4 Å². The summed E-state index contributed by atoms with van der Waals surface area (Å²) in [6.45, 7) is 5.49. The standard InChI is InChI=1S/C11H16F2N2O/c1-3-15(4-2)6-7-9(16)5-8(12)11(14)10(7)13/h5,16H,3-4,6,14H2,1-2H3. The van der Waals surface area contributed by atoms with Crippen LogP contribution in [0.1, 0.15) is 19.4 Å². The highest BCUT2D eigenvalue weighted by molar-refractivity contribution is 5.50. The zero-order valence-electron chi connectivity index (χ0n) is 9.43. The first-order valence-electron chi connectivity index (χ1n) is 5.18. The van der Waals surface area contributed by atoms with Crippen LogP contribution in [0.15, 0.2) is 6.07 Å². The number of hydrogen-bond acceptors (Lipinski definition) is 3. The molecule has 1 aromatic carbocycles. The van der Waals surface area contributed by atoms with Crippen molar-refractivity contribution < 1.29 is 13.9 Å². The highest BCUT2D eigenvalue weighted by atomic mass is 19.1. The van der Waals surface area contributed by atoms with Crippen LogP contribution in [0.5, 0.6) is 5.75 Å². The molecule has 0 fully saturated rings. The van der Waals surface area contributed by atoms with Gasteiger partial charge in [0.2, 0.25) is 0 Å². The quantitative estimate of drug-likeness (QED) is 0.615. The van der Waals surface area contributed by atoms with Crippen molar-refractivity contribution in [2.45, 2.75) is 20.4 Å². The number of hydrogen-bond donors (Lipinski definition) is 2. The van der Waals surface area contributed by atoms with Gasteiger partial charge in [-0.15, -0.1) is 0 Å². The molecule has 0 radical (unpaired) electrons. The summed E-state index contributed by atoms with van der Waals surface area (Å²) in [5.74, 6) is -2.20. The molecule has 3 nitrogen and oxygen atoms in total. The molecule has 3 N–H and O–H groups in total. The molecule has 90 valence electrons. The van der Waals surface area contributed by atoms with E-state index < -0.39 is 23.1 Å². The molecule has 0 aliphatic rings. The number of nitrogen functional groups attached to an aromatic ring is 1. The highest BCUT2D eigenvalue weighted by Gasteiger charge is 2.17. The van der Waals surface area contributed by atoms with Crippen LogP contribution in [0.4, 0.5) is 14.5 Å². The fourth-order valence-corrected chi connectivity index (χ4v) is 1.49. The number of phenolic OH excluding ortho intramolecular Hbond substituents is 1. The average Bonchev–Trinajstić information content (AvgIpc) is 2.27. The Balaban J connectivity index is 3.09. The topological polar surface area (TPSA) is 49.5 Å². The Bertz CT molecular complexity index is 379. The van der Waals surface area contributed by atoms with Crippen LogP contribution in [-0.4, -0.2) is 23.1 Å². The third kappa shape index (κ3) is 2.41. The van der Waals surface area contributed by atoms with Gasteiger partial charge >= 0.3 is 0 Å². The van der Waals surface area contributed by atoms with Crippen LogP contribution in [0.2, 0.25) is 0 Å². The summed E-state index contributed by atoms with van der Waals surface area (Å²) in [7, 11) is 0. The zero-order valence-corrected chi connectivity index (χ0v) is 9.43. The number of aromatic hydroxyl groups is 1. The van der Waals surface area contributed by atoms with Crippen molar-refractivity contribution in [3.05, 3.63) is 23.3 Å². The summed E-state index contributed by atoms with van der Waals surface area (Å²) < 4.78 is 26.6. The predicted molar refractivity (Wildman–Crippen MR) is 59.1 cm³/mol. The molecule has 1 rings (SSSR count). The van der Waals surface area contributed by atoms with E-state index in [0.29, 0.717) is 13.1 Å². The molecule has 0 saturated carbocycles. The van der Waals surface area contributed by atoms with Crippen LogP contribution in [0.3, 0.4) is 0 Å². The van der Waals surface area contributed by atoms with Crippen molar-refractivity contribution >= 4 is 5.69 Å². The molecule has 16 heavy (non-hydrogen) atoms. The van der Waals surface area contributed by atoms with Gasteiger partial charge in [-0.1, -0.05) is 13.8 Å². The second kappa shape index (κ2) is 5.12. The van der Waals surface area contributed by atoms with Crippen molar-refractivity contribution in [3.63, 3.8) is 0 Å². The number of phenols is 1. The lowest BCUT2D eigenvalue weighted by molar-refractivity contribution is 0.285. The highest BCUT2D eigenvalue weighted by Crippen LogP contribution is 2.28. The molecule has 0 aliphatic carbocycles. The van der Waals surface area contributed by atoms with Crippen molar-refractivity contribution in [1.82, 2.24) is 4.90 Å². The molecule has 0 aliphatic heterocycles. The summed E-state index contributed by atoms with van der Waals surface area (Å²) in [5.41, 5.74) is 4.73. The number of rotatable bonds is 4. The van der Waals surface area contributed by atoms with E-state index in [4.69, 9.17) is 5.73 Å². The first kappa shape index (κ1) is 12.7. The smallest absolute Gasteiger partial charge is 0.157 e. The number of anilines is 1. The van der Waals surface area contributed by atoms with E-state index >= 15 is 0 Å². The average molecular weight is 230 g/mol. The van der Waals surface area contributed by atoms with E-state index in [1.54, 1.807) is 0 Å². The lowest BCUT2D eigenvalue weighted by Gasteiger charge is -2.19. The molecule has 0 unspecified atom stereocenters. The lowest BCUT2D eigenvalue weighted by atomic mass is 10.1. The molecule has 0 saturated heterocycles. The van der Waals surface area contributed by atoms with Gasteiger partial charge in [-0.3, -0.25) is 4.90 Å². The molecule has 0 bridgehead atoms. The molecule has 0 spiro atoms. The Morgan fingerprint density at radius 1 is 1.31 bits per heavy atom. The van der Waals surface area contributed by atoms with Crippen molar-refractivity contribution in [2.75, 3.05) is 18.8 Å². The van der Waals surface area contributed by atoms with Crippen LogP contribution in [-0.2, 0) is 6.54 Å². The van der Waals surface area contributed by atoms with Crippen molar-refractivity contribution in [3.8, 4) is 5.75 Å². The van der Waals surface area contributed by atoms with E-state index in [0.717, 1.165) is 6.07 Å². The minimum Gasteiger partial charge on any atom is -0.507 e. The summed E-state index contributed by atoms with van der Waals surface area (Å²) in [4.78, 5) is 1.90. The molecule has 0 atom stereocenters. The van der Waals surface area contributed by atoms with E-state index in [1.165, 1.54) is 0 Å². The van der Waals surface area contributed by atoms with Gasteiger partial charge in [0.25, 0.3) is 0 Å². The van der Waals surface area contributed by atoms with Crippen LogP contribution < -0.4 is 5.73 Å². The summed E-state index contributed by atoms with van der Waals surface area (Å²) >= 11 is 0. The SMILES string of the molecule is CCN(CC)Cc1c(O)cc(F)c(N)c1F. The summed E-state index contributed by atoms with van der Waals surface area (Å²) in [5, 5.41) is 9.47. The molecule has 0 heterocycles. The van der Waals surface area contributed by atoms with Gasteiger partial charge in [-0.05, 0) is 13.1 Å². The predicted octanol–water partition coefficient (Wildman–Crippen LogP) is 2.09. The monoisotopic (exact) mass is 230 g/mol. The second-order valence-electron chi connectivity index (χ2n) is 3.55. The Morgan fingerprint density at radius 2 is 1.88 bits per heavy atom. The van der Waals surface area contributed by atoms with Gasteiger partial charge in [0, 0.05) is 18.2 Å². The molecular weight excluding hydrogens is 214 g/mol. The zero-order chi connectivity index (χ0) is 12.3. The first-order valence-corrected chi connectivity index (χ1v) is 5.18. The van der Waals surface area contributed by atoms with Gasteiger partial charge < -0.3 is 10.8 Å². The largest absolute Gasteiger partial charge is 0.507 e. The minimum absolute atomic E-state index is 0.0441. The molecule has 0 aromatic heterocycles. The summed E-state index contributed by atoms with van der Waals surface area (Å²) in [6.07, 6.45) is 0. The lowest BCUT2D eigenvalue weighted by Crippen LogP contribution is -2.23. The van der Waals surface area contributed by atoms with Crippen molar-refractivity contribution in [2.24, 2.45) is 0 Å². The fraction of sp³-hybridized carbons (Fsp3) is 0.455. The minimum atomic E-state index is -0.932. The third-order valence-corrected chi connectivity index (χ3v) is 2.61. The van der Waals surface area contributed by atoms with Crippen LogP contribution in [0.25, 0.3) is 0 Å². The van der Waals surface area contributed by atoms with Crippen LogP contribution in [0, 0.1) is 11.6 Å². The Kier molecular flexibility index (Phi) is 4.06. The Labute approximate surface area is 93.5 Å². The number of nitrogens with two attached hydrogens (primary N) is 1. The van der Waals surface area contributed by atoms with Crippen LogP contribution >= 0.6 is 0 Å². The van der Waals surface area contributed by atoms with Gasteiger partial charge in [0.15, 0.2) is 11.6 Å². The summed E-state index contributed by atoms with van der Waals surface area (Å²) in [6, 6.07) is 0.844. The van der Waals surface area contributed by atoms with E-state index in [-0.39, 0.29) is 12.1 Å². The van der Waals surface area contributed by atoms with E-state index in [9.17, 15) is 13.9 Å².